The molecule has 1 saturated heterocycles. The van der Waals surface area contributed by atoms with E-state index in [1.807, 2.05) is 0 Å². The highest BCUT2D eigenvalue weighted by Gasteiger charge is 2.24. The van der Waals surface area contributed by atoms with Crippen molar-refractivity contribution in [1.29, 1.82) is 0 Å². The molecular weight excluding hydrogens is 278 g/mol. The molecule has 1 N–H and O–H groups in total. The zero-order valence-electron chi connectivity index (χ0n) is 11.3. The van der Waals surface area contributed by atoms with Gasteiger partial charge in [-0.05, 0) is 31.4 Å². The van der Waals surface area contributed by atoms with Gasteiger partial charge in [-0.1, -0.05) is 0 Å². The van der Waals surface area contributed by atoms with E-state index in [0.717, 1.165) is 12.8 Å². The largest absolute Gasteiger partial charge is 0.352 e. The molecule has 2 rings (SSSR count). The minimum absolute atomic E-state index is 0.181. The Labute approximate surface area is 119 Å². The molecule has 0 spiro atoms. The van der Waals surface area contributed by atoms with Crippen LogP contribution in [0.4, 0.5) is 0 Å². The number of pyridine rings is 1. The van der Waals surface area contributed by atoms with Crippen molar-refractivity contribution in [2.75, 3.05) is 25.4 Å². The summed E-state index contributed by atoms with van der Waals surface area (Å²) >= 11 is 0. The summed E-state index contributed by atoms with van der Waals surface area (Å²) in [6.45, 7) is 1.52. The number of nitrogens with one attached hydrogen (secondary N) is 1. The molecule has 1 aromatic rings. The van der Waals surface area contributed by atoms with Crippen LogP contribution in [0.2, 0.25) is 0 Å². The van der Waals surface area contributed by atoms with Gasteiger partial charge in [0, 0.05) is 32.0 Å². The summed E-state index contributed by atoms with van der Waals surface area (Å²) in [5.41, 5.74) is 0.512. The molecule has 0 unspecified atom stereocenters. The van der Waals surface area contributed by atoms with Crippen LogP contribution in [0.5, 0.6) is 0 Å². The molecule has 20 heavy (non-hydrogen) atoms. The molecule has 1 amide bonds. The van der Waals surface area contributed by atoms with E-state index < -0.39 is 10.0 Å². The minimum atomic E-state index is -3.07. The first kappa shape index (κ1) is 14.9. The van der Waals surface area contributed by atoms with Crippen LogP contribution in [-0.2, 0) is 10.0 Å². The van der Waals surface area contributed by atoms with Crippen LogP contribution in [0, 0.1) is 0 Å². The summed E-state index contributed by atoms with van der Waals surface area (Å²) in [5.74, 6) is 0.0642. The van der Waals surface area contributed by atoms with E-state index in [1.165, 1.54) is 10.5 Å². The molecule has 6 nitrogen and oxygen atoms in total. The summed E-state index contributed by atoms with van der Waals surface area (Å²) in [6, 6.07) is 3.40. The Morgan fingerprint density at radius 2 is 2.25 bits per heavy atom. The van der Waals surface area contributed by atoms with Crippen LogP contribution >= 0.6 is 0 Å². The lowest BCUT2D eigenvalue weighted by molar-refractivity contribution is 0.0952. The smallest absolute Gasteiger partial charge is 0.252 e. The molecule has 0 aromatic carbocycles. The monoisotopic (exact) mass is 297 g/mol. The fraction of sp³-hybridized carbons (Fsp3) is 0.538. The van der Waals surface area contributed by atoms with Gasteiger partial charge in [-0.25, -0.2) is 12.7 Å². The molecule has 2 heterocycles. The third kappa shape index (κ3) is 4.01. The van der Waals surface area contributed by atoms with Crippen molar-refractivity contribution in [2.24, 2.45) is 0 Å². The van der Waals surface area contributed by atoms with E-state index >= 15 is 0 Å². The van der Waals surface area contributed by atoms with Gasteiger partial charge < -0.3 is 5.32 Å². The van der Waals surface area contributed by atoms with E-state index in [0.29, 0.717) is 31.6 Å². The van der Waals surface area contributed by atoms with Gasteiger partial charge in [0.05, 0.1) is 11.3 Å². The maximum Gasteiger partial charge on any atom is 0.252 e. The van der Waals surface area contributed by atoms with Crippen molar-refractivity contribution in [3.05, 3.63) is 30.1 Å². The van der Waals surface area contributed by atoms with E-state index in [1.54, 1.807) is 18.3 Å². The number of amides is 1. The van der Waals surface area contributed by atoms with Gasteiger partial charge in [0.2, 0.25) is 10.0 Å². The lowest BCUT2D eigenvalue weighted by Gasteiger charge is -2.26. The summed E-state index contributed by atoms with van der Waals surface area (Å²) in [6.07, 6.45) is 5.39. The maximum atomic E-state index is 11.8. The topological polar surface area (TPSA) is 79.4 Å². The Kier molecular flexibility index (Phi) is 5.08. The predicted molar refractivity (Wildman–Crippen MR) is 75.8 cm³/mol. The Balaban J connectivity index is 1.73. The van der Waals surface area contributed by atoms with Crippen molar-refractivity contribution in [3.63, 3.8) is 0 Å². The lowest BCUT2D eigenvalue weighted by atomic mass is 10.2. The number of carbonyl (C=O) groups is 1. The average molecular weight is 297 g/mol. The standard InChI is InChI=1S/C13H19N3O3S/c17-13(12-5-3-6-14-11-12)15-7-4-9-16-8-1-2-10-20(16,18)19/h3,5-6,11H,1-2,4,7-10H2,(H,15,17). The highest BCUT2D eigenvalue weighted by Crippen LogP contribution is 2.13. The zero-order valence-corrected chi connectivity index (χ0v) is 12.1. The molecule has 0 saturated carbocycles. The van der Waals surface area contributed by atoms with Crippen LogP contribution < -0.4 is 5.32 Å². The zero-order chi connectivity index (χ0) is 14.4. The highest BCUT2D eigenvalue weighted by atomic mass is 32.2. The molecule has 0 aliphatic carbocycles. The van der Waals surface area contributed by atoms with Crippen molar-refractivity contribution in [3.8, 4) is 0 Å². The van der Waals surface area contributed by atoms with Crippen molar-refractivity contribution in [2.45, 2.75) is 19.3 Å². The average Bonchev–Trinajstić information content (AvgIpc) is 2.45. The van der Waals surface area contributed by atoms with Crippen molar-refractivity contribution in [1.82, 2.24) is 14.6 Å². The summed E-state index contributed by atoms with van der Waals surface area (Å²) < 4.78 is 25.0. The molecule has 1 aliphatic heterocycles. The number of nitrogens with zero attached hydrogens (tertiary/aromatic N) is 2. The number of hydrogen-bond acceptors (Lipinski definition) is 4. The molecule has 0 radical (unpaired) electrons. The van der Waals surface area contributed by atoms with Gasteiger partial charge in [0.25, 0.3) is 5.91 Å². The predicted octanol–water partition coefficient (Wildman–Crippen LogP) is 0.627. The van der Waals surface area contributed by atoms with E-state index in [2.05, 4.69) is 10.3 Å². The SMILES string of the molecule is O=C(NCCCN1CCCCS1(=O)=O)c1cccnc1. The number of carbonyl (C=O) groups excluding carboxylic acids is 1. The Bertz CT molecular complexity index is 545. The first-order chi connectivity index (χ1) is 9.59. The second kappa shape index (κ2) is 6.81. The second-order valence-corrected chi connectivity index (χ2v) is 6.86. The van der Waals surface area contributed by atoms with Gasteiger partial charge in [-0.15, -0.1) is 0 Å². The Morgan fingerprint density at radius 3 is 2.95 bits per heavy atom. The van der Waals surface area contributed by atoms with Gasteiger partial charge >= 0.3 is 0 Å². The maximum absolute atomic E-state index is 11.8. The molecule has 0 atom stereocenters. The fourth-order valence-electron chi connectivity index (χ4n) is 2.15. The first-order valence-corrected chi connectivity index (χ1v) is 8.36. The normalized spacial score (nSPS) is 18.6. The number of sulfonamides is 1. The number of rotatable bonds is 5. The van der Waals surface area contributed by atoms with Crippen LogP contribution in [0.25, 0.3) is 0 Å². The first-order valence-electron chi connectivity index (χ1n) is 6.76. The molecule has 1 aliphatic rings. The van der Waals surface area contributed by atoms with Crippen molar-refractivity contribution < 1.29 is 13.2 Å². The summed E-state index contributed by atoms with van der Waals surface area (Å²) in [4.78, 5) is 15.6. The van der Waals surface area contributed by atoms with Crippen LogP contribution in [0.3, 0.4) is 0 Å². The Hall–Kier alpha value is -1.47. The van der Waals surface area contributed by atoms with Gasteiger partial charge in [0.1, 0.15) is 0 Å². The second-order valence-electron chi connectivity index (χ2n) is 4.77. The minimum Gasteiger partial charge on any atom is -0.352 e. The third-order valence-electron chi connectivity index (χ3n) is 3.25. The summed E-state index contributed by atoms with van der Waals surface area (Å²) in [5, 5.41) is 2.77. The van der Waals surface area contributed by atoms with Gasteiger partial charge in [0.15, 0.2) is 0 Å². The van der Waals surface area contributed by atoms with Crippen LogP contribution in [-0.4, -0.2) is 49.0 Å². The number of aromatic nitrogens is 1. The molecule has 1 fully saturated rings. The number of hydrogen-bond donors (Lipinski definition) is 1. The molecular formula is C13H19N3O3S. The van der Waals surface area contributed by atoms with E-state index in [4.69, 9.17) is 0 Å². The van der Waals surface area contributed by atoms with Crippen LogP contribution in [0.15, 0.2) is 24.5 Å². The highest BCUT2D eigenvalue weighted by molar-refractivity contribution is 7.89. The molecule has 110 valence electrons. The molecule has 0 bridgehead atoms. The van der Waals surface area contributed by atoms with Crippen molar-refractivity contribution >= 4 is 15.9 Å². The fourth-order valence-corrected chi connectivity index (χ4v) is 3.79. The molecule has 1 aromatic heterocycles. The third-order valence-corrected chi connectivity index (χ3v) is 5.20. The van der Waals surface area contributed by atoms with Gasteiger partial charge in [-0.3, -0.25) is 9.78 Å². The van der Waals surface area contributed by atoms with Crippen LogP contribution in [0.1, 0.15) is 29.6 Å². The summed E-state index contributed by atoms with van der Waals surface area (Å²) in [7, 11) is -3.07. The Morgan fingerprint density at radius 1 is 1.40 bits per heavy atom. The van der Waals surface area contributed by atoms with Gasteiger partial charge in [-0.2, -0.15) is 0 Å². The lowest BCUT2D eigenvalue weighted by Crippen LogP contribution is -2.39. The molecule has 7 heteroatoms. The van der Waals surface area contributed by atoms with E-state index in [9.17, 15) is 13.2 Å². The van der Waals surface area contributed by atoms with E-state index in [-0.39, 0.29) is 11.7 Å². The quantitative estimate of drug-likeness (QED) is 0.808.